The molecule has 36 heavy (non-hydrogen) atoms. The Morgan fingerprint density at radius 1 is 1.03 bits per heavy atom. The normalized spacial score (nSPS) is 12.4. The third kappa shape index (κ3) is 4.68. The molecule has 0 saturated heterocycles. The van der Waals surface area contributed by atoms with Crippen molar-refractivity contribution in [1.82, 2.24) is 14.5 Å². The van der Waals surface area contributed by atoms with E-state index in [0.29, 0.717) is 28.8 Å². The number of nitrogens with one attached hydrogen (secondary N) is 1. The molecule has 1 heterocycles. The van der Waals surface area contributed by atoms with Gasteiger partial charge in [0.25, 0.3) is 5.56 Å². The van der Waals surface area contributed by atoms with Crippen LogP contribution < -0.4 is 10.9 Å². The zero-order valence-electron chi connectivity index (χ0n) is 20.0. The van der Waals surface area contributed by atoms with Crippen LogP contribution in [0.25, 0.3) is 16.6 Å². The Hall–Kier alpha value is -4.14. The van der Waals surface area contributed by atoms with E-state index in [0.717, 1.165) is 11.6 Å². The van der Waals surface area contributed by atoms with E-state index in [4.69, 9.17) is 4.98 Å². The second kappa shape index (κ2) is 9.85. The summed E-state index contributed by atoms with van der Waals surface area (Å²) in [5.41, 5.74) is 0.425. The van der Waals surface area contributed by atoms with Crippen LogP contribution in [0.3, 0.4) is 0 Å². The lowest BCUT2D eigenvalue weighted by Crippen LogP contribution is -2.37. The molecule has 6 nitrogen and oxygen atoms in total. The van der Waals surface area contributed by atoms with E-state index in [-0.39, 0.29) is 11.2 Å². The molecular formula is C27H25F3N4O2. The highest BCUT2D eigenvalue weighted by molar-refractivity contribution is 5.90. The smallest absolute Gasteiger partial charge is 0.318 e. The summed E-state index contributed by atoms with van der Waals surface area (Å²) in [5.74, 6) is 0.293. The number of amides is 2. The average Bonchev–Trinajstić information content (AvgIpc) is 2.87. The molecule has 0 bridgehead atoms. The zero-order valence-corrected chi connectivity index (χ0v) is 20.0. The maximum atomic E-state index is 13.6. The van der Waals surface area contributed by atoms with Crippen LogP contribution in [0.4, 0.5) is 23.7 Å². The Morgan fingerprint density at radius 3 is 2.39 bits per heavy atom. The van der Waals surface area contributed by atoms with Gasteiger partial charge in [-0.2, -0.15) is 13.2 Å². The molecule has 1 atom stereocenters. The molecule has 4 rings (SSSR count). The molecule has 9 heteroatoms. The number of urea groups is 1. The maximum absolute atomic E-state index is 13.6. The van der Waals surface area contributed by atoms with Crippen LogP contribution in [0.2, 0.25) is 0 Å². The molecule has 0 radical (unpaired) electrons. The van der Waals surface area contributed by atoms with Crippen molar-refractivity contribution in [2.45, 2.75) is 32.5 Å². The van der Waals surface area contributed by atoms with Crippen molar-refractivity contribution in [1.29, 1.82) is 0 Å². The summed E-state index contributed by atoms with van der Waals surface area (Å²) < 4.78 is 41.7. The SMILES string of the molecule is CCc1ccccc1-n1c(C(C)N(C)C(=O)Nc2ccccc2C(F)(F)F)nc2ccccc2c1=O. The predicted octanol–water partition coefficient (Wildman–Crippen LogP) is 6.19. The number of alkyl halides is 3. The highest BCUT2D eigenvalue weighted by Crippen LogP contribution is 2.35. The number of para-hydroxylation sites is 3. The maximum Gasteiger partial charge on any atom is 0.418 e. The van der Waals surface area contributed by atoms with Crippen LogP contribution in [0.1, 0.15) is 36.8 Å². The summed E-state index contributed by atoms with van der Waals surface area (Å²) in [6, 6.07) is 17.6. The van der Waals surface area contributed by atoms with E-state index in [2.05, 4.69) is 5.32 Å². The van der Waals surface area contributed by atoms with E-state index >= 15 is 0 Å². The van der Waals surface area contributed by atoms with Crippen molar-refractivity contribution < 1.29 is 18.0 Å². The number of benzene rings is 3. The molecule has 0 fully saturated rings. The quantitative estimate of drug-likeness (QED) is 0.360. The lowest BCUT2D eigenvalue weighted by molar-refractivity contribution is -0.136. The number of aromatic nitrogens is 2. The van der Waals surface area contributed by atoms with Crippen molar-refractivity contribution in [2.75, 3.05) is 12.4 Å². The van der Waals surface area contributed by atoms with Crippen LogP contribution >= 0.6 is 0 Å². The van der Waals surface area contributed by atoms with E-state index < -0.39 is 23.8 Å². The van der Waals surface area contributed by atoms with Gasteiger partial charge in [0.05, 0.1) is 33.9 Å². The van der Waals surface area contributed by atoms with E-state index in [1.54, 1.807) is 31.2 Å². The average molecular weight is 495 g/mol. The molecule has 0 aliphatic heterocycles. The first-order valence-corrected chi connectivity index (χ1v) is 11.4. The summed E-state index contributed by atoms with van der Waals surface area (Å²) in [5, 5.41) is 2.77. The van der Waals surface area contributed by atoms with Gasteiger partial charge in [0.1, 0.15) is 5.82 Å². The number of carbonyl (C=O) groups excluding carboxylic acids is 1. The largest absolute Gasteiger partial charge is 0.418 e. The molecule has 3 aromatic carbocycles. The lowest BCUT2D eigenvalue weighted by atomic mass is 10.1. The number of rotatable bonds is 5. The molecule has 186 valence electrons. The van der Waals surface area contributed by atoms with Crippen LogP contribution in [-0.2, 0) is 12.6 Å². The fourth-order valence-corrected chi connectivity index (χ4v) is 4.08. The van der Waals surface area contributed by atoms with Gasteiger partial charge in [-0.25, -0.2) is 9.78 Å². The van der Waals surface area contributed by atoms with Crippen LogP contribution in [-0.4, -0.2) is 27.5 Å². The van der Waals surface area contributed by atoms with E-state index in [9.17, 15) is 22.8 Å². The molecule has 0 spiro atoms. The summed E-state index contributed by atoms with van der Waals surface area (Å²) >= 11 is 0. The standard InChI is InChI=1S/C27H25F3N4O2/c1-4-18-11-5-10-16-23(18)34-24(31-21-14-8-6-12-19(21)25(34)35)17(2)33(3)26(36)32-22-15-9-7-13-20(22)27(28,29)30/h5-17H,4H2,1-3H3,(H,32,36). The van der Waals surface area contributed by atoms with Crippen molar-refractivity contribution in [2.24, 2.45) is 0 Å². The van der Waals surface area contributed by atoms with E-state index in [1.807, 2.05) is 31.2 Å². The Bertz CT molecular complexity index is 1480. The van der Waals surface area contributed by atoms with Gasteiger partial charge < -0.3 is 10.2 Å². The molecule has 1 aromatic heterocycles. The minimum atomic E-state index is -4.63. The third-order valence-electron chi connectivity index (χ3n) is 6.16. The molecule has 0 saturated carbocycles. The fraction of sp³-hybridized carbons (Fsp3) is 0.222. The molecule has 1 unspecified atom stereocenters. The molecule has 4 aromatic rings. The Kier molecular flexibility index (Phi) is 6.83. The molecule has 2 amide bonds. The predicted molar refractivity (Wildman–Crippen MR) is 133 cm³/mol. The van der Waals surface area contributed by atoms with Gasteiger partial charge >= 0.3 is 12.2 Å². The number of hydrogen-bond donors (Lipinski definition) is 1. The minimum absolute atomic E-state index is 0.292. The Labute approximate surface area is 206 Å². The highest BCUT2D eigenvalue weighted by Gasteiger charge is 2.34. The summed E-state index contributed by atoms with van der Waals surface area (Å²) in [7, 11) is 1.45. The number of aryl methyl sites for hydroxylation is 1. The number of anilines is 1. The lowest BCUT2D eigenvalue weighted by Gasteiger charge is -2.28. The number of nitrogens with zero attached hydrogens (tertiary/aromatic N) is 3. The van der Waals surface area contributed by atoms with Gasteiger partial charge in [0.2, 0.25) is 0 Å². The van der Waals surface area contributed by atoms with Crippen molar-refractivity contribution in [3.63, 3.8) is 0 Å². The first-order valence-electron chi connectivity index (χ1n) is 11.4. The van der Waals surface area contributed by atoms with Gasteiger partial charge in [-0.15, -0.1) is 0 Å². The number of carbonyl (C=O) groups is 1. The Morgan fingerprint density at radius 2 is 1.67 bits per heavy atom. The topological polar surface area (TPSA) is 67.2 Å². The van der Waals surface area contributed by atoms with Crippen LogP contribution in [0, 0.1) is 0 Å². The van der Waals surface area contributed by atoms with Crippen molar-refractivity contribution >= 4 is 22.6 Å². The van der Waals surface area contributed by atoms with Gasteiger partial charge in [-0.05, 0) is 49.2 Å². The van der Waals surface area contributed by atoms with Crippen molar-refractivity contribution in [3.8, 4) is 5.69 Å². The summed E-state index contributed by atoms with van der Waals surface area (Å²) in [6.45, 7) is 3.65. The highest BCUT2D eigenvalue weighted by atomic mass is 19.4. The second-order valence-electron chi connectivity index (χ2n) is 8.37. The van der Waals surface area contributed by atoms with Gasteiger partial charge in [-0.1, -0.05) is 49.4 Å². The summed E-state index contributed by atoms with van der Waals surface area (Å²) in [4.78, 5) is 32.6. The third-order valence-corrected chi connectivity index (χ3v) is 6.16. The Balaban J connectivity index is 1.80. The second-order valence-corrected chi connectivity index (χ2v) is 8.37. The molecule has 0 aliphatic rings. The molecular weight excluding hydrogens is 469 g/mol. The first kappa shape index (κ1) is 25.0. The first-order chi connectivity index (χ1) is 17.1. The van der Waals surface area contributed by atoms with Gasteiger partial charge in [0, 0.05) is 7.05 Å². The monoisotopic (exact) mass is 494 g/mol. The number of hydrogen-bond acceptors (Lipinski definition) is 3. The van der Waals surface area contributed by atoms with E-state index in [1.165, 1.54) is 34.7 Å². The van der Waals surface area contributed by atoms with Gasteiger partial charge in [0.15, 0.2) is 0 Å². The van der Waals surface area contributed by atoms with Gasteiger partial charge in [-0.3, -0.25) is 9.36 Å². The minimum Gasteiger partial charge on any atom is -0.318 e. The number of fused-ring (bicyclic) bond motifs is 1. The number of halogens is 3. The zero-order chi connectivity index (χ0) is 26.0. The molecule has 1 N–H and O–H groups in total. The van der Waals surface area contributed by atoms with Crippen LogP contribution in [0.15, 0.2) is 77.6 Å². The summed E-state index contributed by atoms with van der Waals surface area (Å²) in [6.07, 6.45) is -3.97. The van der Waals surface area contributed by atoms with Crippen molar-refractivity contribution in [3.05, 3.63) is 100 Å². The van der Waals surface area contributed by atoms with Crippen LogP contribution in [0.5, 0.6) is 0 Å². The molecule has 0 aliphatic carbocycles. The fourth-order valence-electron chi connectivity index (χ4n) is 4.08.